The van der Waals surface area contributed by atoms with Gasteiger partial charge in [0.05, 0.1) is 18.4 Å². The van der Waals surface area contributed by atoms with Gasteiger partial charge in [0.1, 0.15) is 12.1 Å². The van der Waals surface area contributed by atoms with Crippen molar-refractivity contribution in [2.24, 2.45) is 5.73 Å². The van der Waals surface area contributed by atoms with Gasteiger partial charge in [-0.2, -0.15) is 0 Å². The standard InChI is InChI=1S/C21H23N3O6/c22-19(27)15(9-12-5-2-1-3-6-12)24-20(28)13-10-14(18(26)16(25)11-13)23-21(29)17-7-4-8-30-17/h1-8,10,14-16,18,25-26H,9,11H2,(H2,22,27)(H,23,29)(H,24,28)/t14-,15-,16-,18-/m1/s1. The van der Waals surface area contributed by atoms with Crippen LogP contribution in [0.2, 0.25) is 0 Å². The van der Waals surface area contributed by atoms with E-state index in [2.05, 4.69) is 10.6 Å². The molecule has 9 heteroatoms. The van der Waals surface area contributed by atoms with Gasteiger partial charge >= 0.3 is 0 Å². The van der Waals surface area contributed by atoms with Crippen LogP contribution < -0.4 is 16.4 Å². The molecule has 9 nitrogen and oxygen atoms in total. The first kappa shape index (κ1) is 21.3. The second kappa shape index (κ2) is 9.38. The maximum atomic E-state index is 12.7. The van der Waals surface area contributed by atoms with Crippen molar-refractivity contribution in [3.8, 4) is 0 Å². The average molecular weight is 413 g/mol. The number of carbonyl (C=O) groups excluding carboxylic acids is 3. The summed E-state index contributed by atoms with van der Waals surface area (Å²) in [5.41, 5.74) is 6.37. The van der Waals surface area contributed by atoms with Crippen LogP contribution in [0.1, 0.15) is 22.5 Å². The highest BCUT2D eigenvalue weighted by molar-refractivity contribution is 5.97. The lowest BCUT2D eigenvalue weighted by Crippen LogP contribution is -2.52. The van der Waals surface area contributed by atoms with Crippen molar-refractivity contribution in [2.45, 2.75) is 37.1 Å². The van der Waals surface area contributed by atoms with E-state index in [1.54, 1.807) is 0 Å². The molecule has 0 radical (unpaired) electrons. The molecule has 0 saturated carbocycles. The van der Waals surface area contributed by atoms with Crippen molar-refractivity contribution in [3.05, 3.63) is 71.7 Å². The minimum absolute atomic E-state index is 0.0262. The van der Waals surface area contributed by atoms with Crippen LogP contribution in [0, 0.1) is 0 Å². The summed E-state index contributed by atoms with van der Waals surface area (Å²) in [5, 5.41) is 25.4. The van der Waals surface area contributed by atoms with E-state index in [9.17, 15) is 24.6 Å². The molecule has 1 heterocycles. The van der Waals surface area contributed by atoms with Crippen LogP contribution in [0.25, 0.3) is 0 Å². The minimum atomic E-state index is -1.31. The van der Waals surface area contributed by atoms with Gasteiger partial charge in [0, 0.05) is 18.4 Å². The van der Waals surface area contributed by atoms with Gasteiger partial charge in [-0.1, -0.05) is 36.4 Å². The number of carbonyl (C=O) groups is 3. The van der Waals surface area contributed by atoms with Crippen LogP contribution in [0.3, 0.4) is 0 Å². The fraction of sp³-hybridized carbons (Fsp3) is 0.286. The zero-order valence-corrected chi connectivity index (χ0v) is 16.0. The van der Waals surface area contributed by atoms with Crippen LogP contribution >= 0.6 is 0 Å². The number of benzene rings is 1. The Morgan fingerprint density at radius 3 is 2.47 bits per heavy atom. The van der Waals surface area contributed by atoms with Gasteiger partial charge in [0.2, 0.25) is 11.8 Å². The molecule has 1 aromatic carbocycles. The minimum Gasteiger partial charge on any atom is -0.459 e. The van der Waals surface area contributed by atoms with Gasteiger partial charge in [-0.05, 0) is 17.7 Å². The van der Waals surface area contributed by atoms with Crippen molar-refractivity contribution in [1.29, 1.82) is 0 Å². The zero-order chi connectivity index (χ0) is 21.7. The summed E-state index contributed by atoms with van der Waals surface area (Å²) >= 11 is 0. The first-order chi connectivity index (χ1) is 14.3. The Bertz CT molecular complexity index is 925. The number of aliphatic hydroxyl groups is 2. The lowest BCUT2D eigenvalue weighted by atomic mass is 9.89. The van der Waals surface area contributed by atoms with Gasteiger partial charge in [-0.25, -0.2) is 0 Å². The molecule has 1 aliphatic rings. The molecular weight excluding hydrogens is 390 g/mol. The molecule has 0 saturated heterocycles. The number of amides is 3. The van der Waals surface area contributed by atoms with E-state index in [4.69, 9.17) is 10.2 Å². The molecule has 0 fully saturated rings. The summed E-state index contributed by atoms with van der Waals surface area (Å²) < 4.78 is 5.00. The van der Waals surface area contributed by atoms with E-state index in [0.717, 1.165) is 5.56 Å². The molecule has 0 aliphatic heterocycles. The molecule has 30 heavy (non-hydrogen) atoms. The lowest BCUT2D eigenvalue weighted by Gasteiger charge is -2.31. The number of rotatable bonds is 7. The van der Waals surface area contributed by atoms with Gasteiger partial charge < -0.3 is 31.0 Å². The predicted molar refractivity (Wildman–Crippen MR) is 106 cm³/mol. The number of primary amides is 1. The summed E-state index contributed by atoms with van der Waals surface area (Å²) in [7, 11) is 0. The van der Waals surface area contributed by atoms with Crippen molar-refractivity contribution in [3.63, 3.8) is 0 Å². The molecule has 4 atom stereocenters. The molecule has 0 unspecified atom stereocenters. The number of furan rings is 1. The zero-order valence-electron chi connectivity index (χ0n) is 16.0. The molecule has 6 N–H and O–H groups in total. The molecule has 0 bridgehead atoms. The maximum Gasteiger partial charge on any atom is 0.287 e. The number of hydrogen-bond donors (Lipinski definition) is 5. The van der Waals surface area contributed by atoms with E-state index in [1.165, 1.54) is 24.5 Å². The summed E-state index contributed by atoms with van der Waals surface area (Å²) in [4.78, 5) is 36.7. The van der Waals surface area contributed by atoms with E-state index in [-0.39, 0.29) is 24.2 Å². The highest BCUT2D eigenvalue weighted by Crippen LogP contribution is 2.21. The Morgan fingerprint density at radius 2 is 1.83 bits per heavy atom. The van der Waals surface area contributed by atoms with Gasteiger partial charge in [-0.3, -0.25) is 14.4 Å². The van der Waals surface area contributed by atoms with E-state index >= 15 is 0 Å². The first-order valence-electron chi connectivity index (χ1n) is 9.40. The smallest absolute Gasteiger partial charge is 0.287 e. The normalized spacial score (nSPS) is 21.9. The fourth-order valence-electron chi connectivity index (χ4n) is 3.22. The molecule has 0 spiro atoms. The van der Waals surface area contributed by atoms with Crippen molar-refractivity contribution in [2.75, 3.05) is 0 Å². The topological polar surface area (TPSA) is 155 Å². The van der Waals surface area contributed by atoms with E-state index < -0.39 is 42.0 Å². The molecule has 3 rings (SSSR count). The van der Waals surface area contributed by atoms with Gasteiger partial charge in [0.25, 0.3) is 5.91 Å². The molecule has 1 aliphatic carbocycles. The quantitative estimate of drug-likeness (QED) is 0.418. The maximum absolute atomic E-state index is 12.7. The monoisotopic (exact) mass is 413 g/mol. The van der Waals surface area contributed by atoms with Gasteiger partial charge in [0.15, 0.2) is 5.76 Å². The SMILES string of the molecule is NC(=O)[C@@H](Cc1ccccc1)NC(=O)C1=C[C@@H](NC(=O)c2ccco2)[C@@H](O)[C@H](O)C1. The Kier molecular flexibility index (Phi) is 6.65. The Hall–Kier alpha value is -3.43. The molecule has 3 amide bonds. The van der Waals surface area contributed by atoms with Crippen LogP contribution in [0.15, 0.2) is 64.8 Å². The molecular formula is C21H23N3O6. The number of aliphatic hydroxyl groups excluding tert-OH is 2. The highest BCUT2D eigenvalue weighted by atomic mass is 16.3. The number of hydrogen-bond acceptors (Lipinski definition) is 6. The number of nitrogens with one attached hydrogen (secondary N) is 2. The Balaban J connectivity index is 1.72. The first-order valence-corrected chi connectivity index (χ1v) is 9.40. The fourth-order valence-corrected chi connectivity index (χ4v) is 3.22. The average Bonchev–Trinajstić information content (AvgIpc) is 3.26. The molecule has 1 aromatic heterocycles. The van der Waals surface area contributed by atoms with Gasteiger partial charge in [-0.15, -0.1) is 0 Å². The van der Waals surface area contributed by atoms with Crippen LogP contribution in [-0.2, 0) is 16.0 Å². The van der Waals surface area contributed by atoms with Crippen molar-refractivity contribution >= 4 is 17.7 Å². The summed E-state index contributed by atoms with van der Waals surface area (Å²) in [6.45, 7) is 0. The Morgan fingerprint density at radius 1 is 1.10 bits per heavy atom. The predicted octanol–water partition coefficient (Wildman–Crippen LogP) is -0.357. The molecule has 2 aromatic rings. The summed E-state index contributed by atoms with van der Waals surface area (Å²) in [6, 6.07) is 10.1. The third-order valence-electron chi connectivity index (χ3n) is 4.84. The second-order valence-corrected chi connectivity index (χ2v) is 7.05. The summed E-state index contributed by atoms with van der Waals surface area (Å²) in [5.74, 6) is -1.89. The van der Waals surface area contributed by atoms with Crippen molar-refractivity contribution in [1.82, 2.24) is 10.6 Å². The van der Waals surface area contributed by atoms with Crippen LogP contribution in [-0.4, -0.2) is 52.2 Å². The Labute approximate surface area is 172 Å². The van der Waals surface area contributed by atoms with Crippen molar-refractivity contribution < 1.29 is 29.0 Å². The second-order valence-electron chi connectivity index (χ2n) is 7.05. The largest absolute Gasteiger partial charge is 0.459 e. The van der Waals surface area contributed by atoms with E-state index in [0.29, 0.717) is 0 Å². The third-order valence-corrected chi connectivity index (χ3v) is 4.84. The summed E-state index contributed by atoms with van der Waals surface area (Å²) in [6.07, 6.45) is 0.159. The van der Waals surface area contributed by atoms with E-state index in [1.807, 2.05) is 30.3 Å². The van der Waals surface area contributed by atoms with Crippen LogP contribution in [0.5, 0.6) is 0 Å². The molecule has 158 valence electrons. The lowest BCUT2D eigenvalue weighted by molar-refractivity contribution is -0.125. The number of nitrogens with two attached hydrogens (primary N) is 1. The third kappa shape index (κ3) is 5.13. The van der Waals surface area contributed by atoms with Crippen LogP contribution in [0.4, 0.5) is 0 Å². The highest BCUT2D eigenvalue weighted by Gasteiger charge is 2.35.